The van der Waals surface area contributed by atoms with E-state index in [1.165, 1.54) is 10.6 Å². The van der Waals surface area contributed by atoms with Gasteiger partial charge in [0.15, 0.2) is 0 Å². The number of benzene rings is 2. The lowest BCUT2D eigenvalue weighted by Gasteiger charge is -2.16. The minimum atomic E-state index is -0.855. The summed E-state index contributed by atoms with van der Waals surface area (Å²) < 4.78 is 23.7. The van der Waals surface area contributed by atoms with Gasteiger partial charge in [-0.05, 0) is 36.8 Å². The Morgan fingerprint density at radius 2 is 1.89 bits per heavy atom. The third-order valence-corrected chi connectivity index (χ3v) is 6.33. The maximum absolute atomic E-state index is 12.5. The number of hydrogen-bond donors (Lipinski definition) is 3. The fourth-order valence-corrected chi connectivity index (χ4v) is 4.32. The smallest absolute Gasteiger partial charge is 0.352 e. The first-order valence-electron chi connectivity index (χ1n) is 12.0. The van der Waals surface area contributed by atoms with Gasteiger partial charge in [-0.2, -0.15) is 4.98 Å². The molecule has 3 atom stereocenters. The first-order valence-corrected chi connectivity index (χ1v) is 12.0. The Morgan fingerprint density at radius 1 is 1.11 bits per heavy atom. The number of aliphatic hydroxyl groups excluding tert-OH is 2. The number of ether oxygens (including phenoxy) is 3. The van der Waals surface area contributed by atoms with Crippen LogP contribution >= 0.6 is 0 Å². The van der Waals surface area contributed by atoms with Crippen LogP contribution in [0.2, 0.25) is 0 Å². The third kappa shape index (κ3) is 5.40. The van der Waals surface area contributed by atoms with Crippen molar-refractivity contribution in [3.63, 3.8) is 0 Å². The third-order valence-electron chi connectivity index (χ3n) is 6.33. The van der Waals surface area contributed by atoms with Gasteiger partial charge in [-0.25, -0.2) is 9.59 Å². The molecule has 5 rings (SSSR count). The SMILES string of the molecule is Cc1cn([C@H]2C[C@H](O)[C@@H](CO)O2)c(=O)nc1OCc1ccc(OCc2cc(=O)oc3cc(N)ccc23)cc1. The Hall–Kier alpha value is -4.19. The van der Waals surface area contributed by atoms with E-state index >= 15 is 0 Å². The number of anilines is 1. The molecule has 1 saturated heterocycles. The van der Waals surface area contributed by atoms with Gasteiger partial charge in [0.1, 0.15) is 36.9 Å². The molecule has 11 nitrogen and oxygen atoms in total. The van der Waals surface area contributed by atoms with Crippen molar-refractivity contribution in [2.45, 2.75) is 45.0 Å². The standard InChI is InChI=1S/C27H27N3O8/c1-15-11-30(24-10-21(32)23(12-31)37-24)27(34)29-26(15)36-13-16-2-5-19(6-3-16)35-14-17-8-25(33)38-22-9-18(28)4-7-20(17)22/h2-9,11,21,23-24,31-32H,10,12-14,28H2,1H3/t21-,23+,24+/m0/s1. The summed E-state index contributed by atoms with van der Waals surface area (Å²) in [7, 11) is 0. The van der Waals surface area contributed by atoms with Crippen LogP contribution in [0.4, 0.5) is 5.69 Å². The molecule has 198 valence electrons. The van der Waals surface area contributed by atoms with Crippen molar-refractivity contribution < 1.29 is 28.8 Å². The van der Waals surface area contributed by atoms with E-state index in [9.17, 15) is 19.8 Å². The average Bonchev–Trinajstić information content (AvgIpc) is 3.28. The van der Waals surface area contributed by atoms with Gasteiger partial charge >= 0.3 is 11.3 Å². The Morgan fingerprint density at radius 3 is 2.63 bits per heavy atom. The van der Waals surface area contributed by atoms with E-state index in [2.05, 4.69) is 4.98 Å². The lowest BCUT2D eigenvalue weighted by atomic mass is 10.1. The summed E-state index contributed by atoms with van der Waals surface area (Å²) in [6, 6.07) is 13.7. The summed E-state index contributed by atoms with van der Waals surface area (Å²) in [4.78, 5) is 28.5. The highest BCUT2D eigenvalue weighted by Gasteiger charge is 2.35. The fourth-order valence-electron chi connectivity index (χ4n) is 4.32. The number of hydrogen-bond acceptors (Lipinski definition) is 10. The maximum Gasteiger partial charge on any atom is 0.352 e. The molecule has 0 unspecified atom stereocenters. The average molecular weight is 522 g/mol. The number of nitrogens with zero attached hydrogens (tertiary/aromatic N) is 2. The van der Waals surface area contributed by atoms with Gasteiger partial charge in [-0.15, -0.1) is 0 Å². The summed E-state index contributed by atoms with van der Waals surface area (Å²) in [6.07, 6.45) is -0.541. The molecular weight excluding hydrogens is 494 g/mol. The Kier molecular flexibility index (Phi) is 7.14. The fraction of sp³-hybridized carbons (Fsp3) is 0.296. The van der Waals surface area contributed by atoms with Crippen LogP contribution in [-0.2, 0) is 18.0 Å². The van der Waals surface area contributed by atoms with Gasteiger partial charge < -0.3 is 34.6 Å². The molecule has 4 aromatic rings. The number of nitrogens with two attached hydrogens (primary N) is 1. The molecule has 0 saturated carbocycles. The minimum Gasteiger partial charge on any atom is -0.489 e. The van der Waals surface area contributed by atoms with Crippen molar-refractivity contribution in [3.05, 3.63) is 92.3 Å². The predicted molar refractivity (Wildman–Crippen MR) is 137 cm³/mol. The molecule has 0 bridgehead atoms. The van der Waals surface area contributed by atoms with Crippen molar-refractivity contribution in [2.75, 3.05) is 12.3 Å². The van der Waals surface area contributed by atoms with Gasteiger partial charge in [0.05, 0.1) is 12.7 Å². The molecule has 0 spiro atoms. The number of nitrogen functional groups attached to an aromatic ring is 1. The Labute approximate surface area is 216 Å². The molecule has 2 aromatic heterocycles. The van der Waals surface area contributed by atoms with E-state index in [-0.39, 0.29) is 32.1 Å². The predicted octanol–water partition coefficient (Wildman–Crippen LogP) is 2.04. The van der Waals surface area contributed by atoms with Crippen LogP contribution in [0.25, 0.3) is 11.0 Å². The zero-order valence-electron chi connectivity index (χ0n) is 20.6. The quantitative estimate of drug-likeness (QED) is 0.231. The van der Waals surface area contributed by atoms with E-state index in [1.54, 1.807) is 43.5 Å². The number of aryl methyl sites for hydroxylation is 1. The van der Waals surface area contributed by atoms with Crippen LogP contribution < -0.4 is 26.5 Å². The molecule has 0 radical (unpaired) electrons. The molecule has 3 heterocycles. The topological polar surface area (TPSA) is 159 Å². The van der Waals surface area contributed by atoms with Crippen molar-refractivity contribution in [3.8, 4) is 11.6 Å². The molecule has 0 aliphatic carbocycles. The second kappa shape index (κ2) is 10.7. The number of rotatable bonds is 8. The zero-order chi connectivity index (χ0) is 26.8. The summed E-state index contributed by atoms with van der Waals surface area (Å²) >= 11 is 0. The summed E-state index contributed by atoms with van der Waals surface area (Å²) in [6.45, 7) is 1.77. The second-order valence-electron chi connectivity index (χ2n) is 9.10. The number of fused-ring (bicyclic) bond motifs is 1. The maximum atomic E-state index is 12.5. The van der Waals surface area contributed by atoms with Crippen LogP contribution in [0.1, 0.15) is 29.3 Å². The summed E-state index contributed by atoms with van der Waals surface area (Å²) in [5.74, 6) is 0.793. The molecular formula is C27H27N3O8. The van der Waals surface area contributed by atoms with E-state index < -0.39 is 29.8 Å². The Balaban J connectivity index is 1.21. The highest BCUT2D eigenvalue weighted by molar-refractivity contribution is 5.82. The largest absolute Gasteiger partial charge is 0.489 e. The Bertz CT molecular complexity index is 1560. The van der Waals surface area contributed by atoms with Crippen LogP contribution in [0.5, 0.6) is 11.6 Å². The van der Waals surface area contributed by atoms with Crippen LogP contribution in [0.3, 0.4) is 0 Å². The van der Waals surface area contributed by atoms with Crippen molar-refractivity contribution >= 4 is 16.7 Å². The van der Waals surface area contributed by atoms with Gasteiger partial charge in [-0.3, -0.25) is 4.57 Å². The molecule has 11 heteroatoms. The number of aliphatic hydroxyl groups is 2. The summed E-state index contributed by atoms with van der Waals surface area (Å²) in [5.41, 5.74) is 7.77. The summed E-state index contributed by atoms with van der Waals surface area (Å²) in [5, 5.41) is 20.0. The molecule has 4 N–H and O–H groups in total. The minimum absolute atomic E-state index is 0.169. The number of aromatic nitrogens is 2. The van der Waals surface area contributed by atoms with Gasteiger partial charge in [-0.1, -0.05) is 12.1 Å². The van der Waals surface area contributed by atoms with Crippen LogP contribution in [-0.4, -0.2) is 38.6 Å². The lowest BCUT2D eigenvalue weighted by molar-refractivity contribution is -0.0460. The van der Waals surface area contributed by atoms with Gasteiger partial charge in [0.2, 0.25) is 5.88 Å². The molecule has 0 amide bonds. The van der Waals surface area contributed by atoms with Crippen LogP contribution in [0.15, 0.2) is 68.7 Å². The normalized spacial score (nSPS) is 19.1. The lowest BCUT2D eigenvalue weighted by Crippen LogP contribution is -2.28. The van der Waals surface area contributed by atoms with E-state index in [0.717, 1.165) is 10.9 Å². The van der Waals surface area contributed by atoms with Crippen LogP contribution in [0, 0.1) is 6.92 Å². The van der Waals surface area contributed by atoms with E-state index in [4.69, 9.17) is 24.4 Å². The highest BCUT2D eigenvalue weighted by Crippen LogP contribution is 2.28. The molecule has 2 aromatic carbocycles. The van der Waals surface area contributed by atoms with Gasteiger partial charge in [0, 0.05) is 47.0 Å². The first kappa shape index (κ1) is 25.5. The van der Waals surface area contributed by atoms with Crippen molar-refractivity contribution in [2.24, 2.45) is 0 Å². The van der Waals surface area contributed by atoms with Crippen molar-refractivity contribution in [1.29, 1.82) is 0 Å². The highest BCUT2D eigenvalue weighted by atomic mass is 16.5. The van der Waals surface area contributed by atoms with E-state index in [1.807, 2.05) is 12.1 Å². The van der Waals surface area contributed by atoms with Crippen molar-refractivity contribution in [1.82, 2.24) is 9.55 Å². The molecule has 38 heavy (non-hydrogen) atoms. The second-order valence-corrected chi connectivity index (χ2v) is 9.10. The molecule has 1 aliphatic heterocycles. The first-order chi connectivity index (χ1) is 18.3. The molecule has 1 fully saturated rings. The van der Waals surface area contributed by atoms with E-state index in [0.29, 0.717) is 28.1 Å². The monoisotopic (exact) mass is 521 g/mol. The zero-order valence-corrected chi connectivity index (χ0v) is 20.6. The van der Waals surface area contributed by atoms with Gasteiger partial charge in [0.25, 0.3) is 0 Å². The molecule has 1 aliphatic rings.